The number of benzene rings is 3. The molecular weight excluding hydrogens is 340 g/mol. The molecule has 128 valence electrons. The molecule has 0 radical (unpaired) electrons. The van der Waals surface area contributed by atoms with Gasteiger partial charge in [-0.15, -0.1) is 11.3 Å². The highest BCUT2D eigenvalue weighted by Crippen LogP contribution is 2.25. The molecule has 0 aliphatic carbocycles. The highest BCUT2D eigenvalue weighted by molar-refractivity contribution is 7.16. The Kier molecular flexibility index (Phi) is 4.67. The van der Waals surface area contributed by atoms with Crippen LogP contribution in [0.15, 0.2) is 84.5 Å². The molecule has 4 heteroatoms. The summed E-state index contributed by atoms with van der Waals surface area (Å²) in [5, 5.41) is 1.13. The Bertz CT molecular complexity index is 1130. The number of rotatable bonds is 2. The standard InChI is InChI=1S/C13H9NS.C9H9NO/c1-2-4-10(5-3-1)11-6-7-13-12(8-11)14-9-15-13;1-11-9-4-2-3-8-7(9)5-6-10-8/h1-9H;2-6,10H,1H3. The van der Waals surface area contributed by atoms with E-state index in [1.165, 1.54) is 15.8 Å². The van der Waals surface area contributed by atoms with Crippen molar-refractivity contribution < 1.29 is 4.74 Å². The summed E-state index contributed by atoms with van der Waals surface area (Å²) in [6, 6.07) is 24.8. The summed E-state index contributed by atoms with van der Waals surface area (Å²) in [5.41, 5.74) is 6.56. The van der Waals surface area contributed by atoms with E-state index in [4.69, 9.17) is 4.74 Å². The first-order chi connectivity index (χ1) is 12.8. The molecule has 0 spiro atoms. The van der Waals surface area contributed by atoms with Crippen LogP contribution in [0.25, 0.3) is 32.2 Å². The van der Waals surface area contributed by atoms with Gasteiger partial charge in [0.1, 0.15) is 5.75 Å². The van der Waals surface area contributed by atoms with Crippen LogP contribution in [0.1, 0.15) is 0 Å². The fourth-order valence-electron chi connectivity index (χ4n) is 2.90. The smallest absolute Gasteiger partial charge is 0.128 e. The molecule has 2 aromatic heterocycles. The van der Waals surface area contributed by atoms with Crippen molar-refractivity contribution in [1.82, 2.24) is 9.97 Å². The minimum atomic E-state index is 0.920. The summed E-state index contributed by atoms with van der Waals surface area (Å²) >= 11 is 1.68. The van der Waals surface area contributed by atoms with E-state index in [1.807, 2.05) is 42.0 Å². The number of hydrogen-bond acceptors (Lipinski definition) is 3. The van der Waals surface area contributed by atoms with Crippen molar-refractivity contribution in [3.8, 4) is 16.9 Å². The van der Waals surface area contributed by atoms with Crippen molar-refractivity contribution in [1.29, 1.82) is 0 Å². The predicted octanol–water partition coefficient (Wildman–Crippen LogP) is 6.14. The van der Waals surface area contributed by atoms with Crippen LogP contribution < -0.4 is 4.74 Å². The van der Waals surface area contributed by atoms with Crippen LogP contribution in [0, 0.1) is 0 Å². The Hall–Kier alpha value is -3.11. The number of ether oxygens (including phenoxy) is 1. The molecule has 0 atom stereocenters. The van der Waals surface area contributed by atoms with Crippen molar-refractivity contribution in [2.24, 2.45) is 0 Å². The number of hydrogen-bond donors (Lipinski definition) is 1. The van der Waals surface area contributed by atoms with Crippen molar-refractivity contribution in [2.75, 3.05) is 7.11 Å². The Morgan fingerprint density at radius 3 is 2.62 bits per heavy atom. The number of fused-ring (bicyclic) bond motifs is 2. The van der Waals surface area contributed by atoms with Gasteiger partial charge >= 0.3 is 0 Å². The van der Waals surface area contributed by atoms with Crippen molar-refractivity contribution in [3.63, 3.8) is 0 Å². The van der Waals surface area contributed by atoms with E-state index in [1.54, 1.807) is 18.4 Å². The fourth-order valence-corrected chi connectivity index (χ4v) is 3.56. The molecule has 0 amide bonds. The predicted molar refractivity (Wildman–Crippen MR) is 110 cm³/mol. The molecule has 3 nitrogen and oxygen atoms in total. The van der Waals surface area contributed by atoms with Crippen LogP contribution in [-0.2, 0) is 0 Å². The molecule has 0 bridgehead atoms. The van der Waals surface area contributed by atoms with Gasteiger partial charge in [-0.25, -0.2) is 4.98 Å². The van der Waals surface area contributed by atoms with E-state index in [2.05, 4.69) is 52.4 Å². The molecule has 3 aromatic carbocycles. The van der Waals surface area contributed by atoms with Gasteiger partial charge in [0, 0.05) is 17.1 Å². The largest absolute Gasteiger partial charge is 0.496 e. The summed E-state index contributed by atoms with van der Waals surface area (Å²) in [5.74, 6) is 0.920. The van der Waals surface area contributed by atoms with E-state index in [9.17, 15) is 0 Å². The Morgan fingerprint density at radius 1 is 0.885 bits per heavy atom. The zero-order valence-electron chi connectivity index (χ0n) is 14.3. The second-order valence-electron chi connectivity index (χ2n) is 5.80. The highest BCUT2D eigenvalue weighted by atomic mass is 32.1. The monoisotopic (exact) mass is 358 g/mol. The molecule has 0 aliphatic heterocycles. The van der Waals surface area contributed by atoms with Crippen LogP contribution in [0.4, 0.5) is 0 Å². The summed E-state index contributed by atoms with van der Waals surface area (Å²) in [4.78, 5) is 7.44. The lowest BCUT2D eigenvalue weighted by Gasteiger charge is -2.00. The number of nitrogens with zero attached hydrogens (tertiary/aromatic N) is 1. The van der Waals surface area contributed by atoms with Crippen LogP contribution in [-0.4, -0.2) is 17.1 Å². The van der Waals surface area contributed by atoms with Crippen molar-refractivity contribution in [3.05, 3.63) is 84.5 Å². The molecule has 0 saturated carbocycles. The number of methoxy groups -OCH3 is 1. The molecule has 0 saturated heterocycles. The number of aromatic nitrogens is 2. The van der Waals surface area contributed by atoms with E-state index >= 15 is 0 Å². The van der Waals surface area contributed by atoms with Gasteiger partial charge in [0.15, 0.2) is 0 Å². The van der Waals surface area contributed by atoms with E-state index in [-0.39, 0.29) is 0 Å². The second-order valence-corrected chi connectivity index (χ2v) is 6.69. The molecule has 1 N–H and O–H groups in total. The summed E-state index contributed by atoms with van der Waals surface area (Å²) in [6.45, 7) is 0. The number of H-pyrrole nitrogens is 1. The van der Waals surface area contributed by atoms with Gasteiger partial charge in [0.2, 0.25) is 0 Å². The molecule has 0 unspecified atom stereocenters. The first-order valence-electron chi connectivity index (χ1n) is 8.34. The normalized spacial score (nSPS) is 10.5. The maximum Gasteiger partial charge on any atom is 0.128 e. The number of thiazole rings is 1. The molecule has 5 aromatic rings. The molecule has 26 heavy (non-hydrogen) atoms. The highest BCUT2D eigenvalue weighted by Gasteiger charge is 2.00. The molecule has 0 aliphatic rings. The third-order valence-electron chi connectivity index (χ3n) is 4.21. The third-order valence-corrected chi connectivity index (χ3v) is 5.02. The zero-order chi connectivity index (χ0) is 17.8. The van der Waals surface area contributed by atoms with Gasteiger partial charge in [-0.3, -0.25) is 0 Å². The lowest BCUT2D eigenvalue weighted by molar-refractivity contribution is 0.420. The average molecular weight is 358 g/mol. The Balaban J connectivity index is 0.000000136. The van der Waals surface area contributed by atoms with Gasteiger partial charge in [-0.2, -0.15) is 0 Å². The topological polar surface area (TPSA) is 37.9 Å². The van der Waals surface area contributed by atoms with Crippen LogP contribution >= 0.6 is 11.3 Å². The zero-order valence-corrected chi connectivity index (χ0v) is 15.2. The summed E-state index contributed by atoms with van der Waals surface area (Å²) in [7, 11) is 1.68. The maximum atomic E-state index is 5.17. The third kappa shape index (κ3) is 3.32. The van der Waals surface area contributed by atoms with E-state index in [0.717, 1.165) is 22.2 Å². The van der Waals surface area contributed by atoms with Crippen LogP contribution in [0.5, 0.6) is 5.75 Å². The van der Waals surface area contributed by atoms with Crippen molar-refractivity contribution >= 4 is 32.5 Å². The van der Waals surface area contributed by atoms with Crippen LogP contribution in [0.3, 0.4) is 0 Å². The van der Waals surface area contributed by atoms with Gasteiger partial charge in [-0.05, 0) is 41.5 Å². The van der Waals surface area contributed by atoms with E-state index in [0.29, 0.717) is 0 Å². The molecule has 5 rings (SSSR count). The summed E-state index contributed by atoms with van der Waals surface area (Å²) in [6.07, 6.45) is 1.91. The first-order valence-corrected chi connectivity index (χ1v) is 9.22. The van der Waals surface area contributed by atoms with Gasteiger partial charge in [0.25, 0.3) is 0 Å². The van der Waals surface area contributed by atoms with E-state index < -0.39 is 0 Å². The SMILES string of the molecule is COc1cccc2[nH]ccc12.c1ccc(-c2ccc3scnc3c2)cc1. The van der Waals surface area contributed by atoms with Gasteiger partial charge in [-0.1, -0.05) is 42.5 Å². The fraction of sp³-hybridized carbons (Fsp3) is 0.0455. The Labute approximate surface area is 155 Å². The minimum absolute atomic E-state index is 0.920. The minimum Gasteiger partial charge on any atom is -0.496 e. The van der Waals surface area contributed by atoms with Gasteiger partial charge < -0.3 is 9.72 Å². The number of nitrogens with one attached hydrogen (secondary N) is 1. The maximum absolute atomic E-state index is 5.17. The van der Waals surface area contributed by atoms with Gasteiger partial charge in [0.05, 0.1) is 22.8 Å². The van der Waals surface area contributed by atoms with Crippen molar-refractivity contribution in [2.45, 2.75) is 0 Å². The number of aromatic amines is 1. The molecule has 2 heterocycles. The second kappa shape index (κ2) is 7.42. The Morgan fingerprint density at radius 2 is 1.77 bits per heavy atom. The molecular formula is C22H18N2OS. The lowest BCUT2D eigenvalue weighted by atomic mass is 10.1. The lowest BCUT2D eigenvalue weighted by Crippen LogP contribution is -1.81. The summed E-state index contributed by atoms with van der Waals surface area (Å²) < 4.78 is 6.41. The van der Waals surface area contributed by atoms with Crippen LogP contribution in [0.2, 0.25) is 0 Å². The average Bonchev–Trinajstić information content (AvgIpc) is 3.37. The first kappa shape index (κ1) is 16.4. The quantitative estimate of drug-likeness (QED) is 0.411. The molecule has 0 fully saturated rings.